The van der Waals surface area contributed by atoms with Gasteiger partial charge in [-0.25, -0.2) is 0 Å². The van der Waals surface area contributed by atoms with Crippen LogP contribution in [0.25, 0.3) is 0 Å². The quantitative estimate of drug-likeness (QED) is 0.0692. The fraction of sp³-hybridized carbons (Fsp3) is 0.764. The maximum atomic E-state index is 14.5. The minimum atomic E-state index is -1.09. The third-order valence-corrected chi connectivity index (χ3v) is 14.5. The Morgan fingerprint density at radius 2 is 1.27 bits per heavy atom. The van der Waals surface area contributed by atoms with E-state index in [-0.39, 0.29) is 68.3 Å². The summed E-state index contributed by atoms with van der Waals surface area (Å²) >= 11 is 0. The van der Waals surface area contributed by atoms with Gasteiger partial charge in [0.05, 0.1) is 0 Å². The summed E-state index contributed by atoms with van der Waals surface area (Å²) in [4.78, 5) is 102. The number of nitrogens with zero attached hydrogens (tertiary/aromatic N) is 2. The van der Waals surface area contributed by atoms with Gasteiger partial charge in [0.2, 0.25) is 41.4 Å². The van der Waals surface area contributed by atoms with Crippen molar-refractivity contribution >= 4 is 41.4 Å². The third-order valence-electron chi connectivity index (χ3n) is 14.5. The molecule has 4 rings (SSSR count). The Bertz CT molecular complexity index is 1830. The van der Waals surface area contributed by atoms with Gasteiger partial charge in [-0.3, -0.25) is 33.6 Å². The second kappa shape index (κ2) is 34.6. The highest BCUT2D eigenvalue weighted by Gasteiger charge is 2.41. The Balaban J connectivity index is 0.00000338. The molecule has 3 aliphatic heterocycles. The maximum absolute atomic E-state index is 14.5. The summed E-state index contributed by atoms with van der Waals surface area (Å²) in [6.07, 6.45) is 14.3. The number of fused-ring (bicyclic) bond motifs is 2. The van der Waals surface area contributed by atoms with Crippen molar-refractivity contribution in [3.8, 4) is 5.75 Å². The molecule has 18 heteroatoms. The predicted octanol–water partition coefficient (Wildman–Crippen LogP) is 4.44. The van der Waals surface area contributed by atoms with Crippen LogP contribution in [0.1, 0.15) is 176 Å². The molecule has 3 heterocycles. The summed E-state index contributed by atoms with van der Waals surface area (Å²) in [5.74, 6) is -1.38. The van der Waals surface area contributed by atoms with Gasteiger partial charge in [-0.2, -0.15) is 0 Å². The minimum absolute atomic E-state index is 0.0948. The lowest BCUT2D eigenvalue weighted by Crippen LogP contribution is -2.59. The molecule has 0 spiro atoms. The molecule has 0 saturated carbocycles. The molecule has 414 valence electrons. The van der Waals surface area contributed by atoms with Gasteiger partial charge in [0.15, 0.2) is 0 Å². The van der Waals surface area contributed by atoms with E-state index < -0.39 is 59.9 Å². The van der Waals surface area contributed by atoms with Gasteiger partial charge in [-0.05, 0) is 120 Å². The molecule has 0 bridgehead atoms. The molecule has 18 nitrogen and oxygen atoms in total. The first-order chi connectivity index (χ1) is 35.0. The molecule has 1 aromatic carbocycles. The van der Waals surface area contributed by atoms with Crippen molar-refractivity contribution < 1.29 is 38.7 Å². The van der Waals surface area contributed by atoms with Crippen LogP contribution in [0.2, 0.25) is 0 Å². The molecule has 3 fully saturated rings. The van der Waals surface area contributed by atoms with E-state index in [0.717, 1.165) is 36.7 Å². The molecule has 0 aromatic heterocycles. The van der Waals surface area contributed by atoms with Crippen molar-refractivity contribution in [2.75, 3.05) is 39.3 Å². The van der Waals surface area contributed by atoms with Gasteiger partial charge >= 0.3 is 0 Å². The minimum Gasteiger partial charge on any atom is -0.508 e. The standard InChI is InChI=1S/C53H88N8O8.C2H8N2/c1-7-37(5)35-38(6)19-13-11-9-10-12-14-24-47(63)56-42-20-15-32-55-50(66)45-22-17-33-60(45)53(69)44(21-16-31-54-36(3)4)59-49(65)43(30-27-39-25-28-40(62)29-26-39)58-51(67)46-23-18-34-61(46)52(68)41(8-2)57-48(42)64;3-1-2-4/h25-26,28-29,36-38,41-46,54,62H,7-24,27,30-35H2,1-6H3,(H,55,66)(H,56,63)(H,57,64)(H,58,67)(H,59,65);1-4H2/t37?,38?,41?,42-,43?,44?,45?,46?;/m0./s1. The van der Waals surface area contributed by atoms with Crippen molar-refractivity contribution in [2.24, 2.45) is 23.3 Å². The predicted molar refractivity (Wildman–Crippen MR) is 287 cm³/mol. The molecule has 7 unspecified atom stereocenters. The number of aryl methyl sites for hydroxylation is 1. The number of benzene rings is 1. The number of unbranched alkanes of at least 4 members (excludes halogenated alkanes) is 5. The molecule has 11 N–H and O–H groups in total. The van der Waals surface area contributed by atoms with Crippen molar-refractivity contribution in [3.05, 3.63) is 29.8 Å². The van der Waals surface area contributed by atoms with Crippen LogP contribution < -0.4 is 43.4 Å². The largest absolute Gasteiger partial charge is 0.508 e. The van der Waals surface area contributed by atoms with Gasteiger partial charge in [0.1, 0.15) is 42.0 Å². The number of carbonyl (C=O) groups excluding carboxylic acids is 7. The van der Waals surface area contributed by atoms with Crippen LogP contribution in [0.15, 0.2) is 24.3 Å². The number of rotatable bonds is 23. The number of amides is 7. The van der Waals surface area contributed by atoms with Crippen molar-refractivity contribution in [1.82, 2.24) is 41.7 Å². The van der Waals surface area contributed by atoms with E-state index in [0.29, 0.717) is 84.0 Å². The average Bonchev–Trinajstić information content (AvgIpc) is 4.08. The number of nitrogens with two attached hydrogens (primary N) is 2. The molecule has 3 saturated heterocycles. The van der Waals surface area contributed by atoms with Crippen LogP contribution >= 0.6 is 0 Å². The van der Waals surface area contributed by atoms with Crippen molar-refractivity contribution in [3.63, 3.8) is 0 Å². The van der Waals surface area contributed by atoms with Crippen LogP contribution in [0.5, 0.6) is 5.75 Å². The number of hydrogen-bond donors (Lipinski definition) is 9. The van der Waals surface area contributed by atoms with Crippen molar-refractivity contribution in [1.29, 1.82) is 0 Å². The molecule has 73 heavy (non-hydrogen) atoms. The number of phenols is 1. The highest BCUT2D eigenvalue weighted by Crippen LogP contribution is 2.24. The molecule has 0 aliphatic carbocycles. The lowest BCUT2D eigenvalue weighted by Gasteiger charge is -2.31. The first-order valence-electron chi connectivity index (χ1n) is 28.0. The smallest absolute Gasteiger partial charge is 0.245 e. The monoisotopic (exact) mass is 1020 g/mol. The number of carbonyl (C=O) groups is 7. The molecule has 3 aliphatic rings. The number of nitrogens with one attached hydrogen (secondary N) is 6. The topological polar surface area (TPSA) is 270 Å². The van der Waals surface area contributed by atoms with Gasteiger partial charge in [0, 0.05) is 45.2 Å². The number of aromatic hydroxyl groups is 1. The van der Waals surface area contributed by atoms with Crippen LogP contribution in [0, 0.1) is 11.8 Å². The molecule has 8 atom stereocenters. The summed E-state index contributed by atoms with van der Waals surface area (Å²) in [5, 5.41) is 27.9. The number of phenolic OH excluding ortho intramolecular Hbond substituents is 1. The first kappa shape index (κ1) is 62.5. The third kappa shape index (κ3) is 22.7. The lowest BCUT2D eigenvalue weighted by atomic mass is 9.91. The highest BCUT2D eigenvalue weighted by molar-refractivity contribution is 5.97. The van der Waals surface area contributed by atoms with Crippen LogP contribution in [0.3, 0.4) is 0 Å². The van der Waals surface area contributed by atoms with Gasteiger partial charge in [-0.15, -0.1) is 0 Å². The maximum Gasteiger partial charge on any atom is 0.245 e. The zero-order chi connectivity index (χ0) is 53.7. The second-order valence-corrected chi connectivity index (χ2v) is 21.1. The van der Waals surface area contributed by atoms with Crippen molar-refractivity contribution in [2.45, 2.75) is 219 Å². The number of hydrogen-bond acceptors (Lipinski definition) is 11. The molecule has 1 aromatic rings. The zero-order valence-corrected chi connectivity index (χ0v) is 45.5. The Morgan fingerprint density at radius 3 is 1.89 bits per heavy atom. The fourth-order valence-electron chi connectivity index (χ4n) is 9.98. The van der Waals surface area contributed by atoms with E-state index in [9.17, 15) is 38.7 Å². The zero-order valence-electron chi connectivity index (χ0n) is 45.5. The van der Waals surface area contributed by atoms with E-state index in [1.807, 2.05) is 13.8 Å². The average molecular weight is 1030 g/mol. The van der Waals surface area contributed by atoms with Gasteiger partial charge < -0.3 is 58.3 Å². The lowest BCUT2D eigenvalue weighted by molar-refractivity contribution is -0.143. The van der Waals surface area contributed by atoms with E-state index in [1.54, 1.807) is 36.1 Å². The van der Waals surface area contributed by atoms with Gasteiger partial charge in [-0.1, -0.05) is 98.6 Å². The summed E-state index contributed by atoms with van der Waals surface area (Å²) in [6.45, 7) is 15.3. The summed E-state index contributed by atoms with van der Waals surface area (Å²) in [7, 11) is 0. The molecule has 0 radical (unpaired) electrons. The summed E-state index contributed by atoms with van der Waals surface area (Å²) in [5.41, 5.74) is 10.6. The van der Waals surface area contributed by atoms with Crippen LogP contribution in [-0.4, -0.2) is 138 Å². The molecular formula is C55H96N10O8. The van der Waals surface area contributed by atoms with E-state index in [4.69, 9.17) is 11.5 Å². The van der Waals surface area contributed by atoms with Crippen LogP contribution in [-0.2, 0) is 40.0 Å². The fourth-order valence-corrected chi connectivity index (χ4v) is 9.98. The Labute approximate surface area is 437 Å². The van der Waals surface area contributed by atoms with Gasteiger partial charge in [0.25, 0.3) is 0 Å². The first-order valence-corrected chi connectivity index (χ1v) is 28.0. The van der Waals surface area contributed by atoms with Crippen LogP contribution in [0.4, 0.5) is 0 Å². The molecular weight excluding hydrogens is 929 g/mol. The SMILES string of the molecule is CCC(C)CC(C)CCCCCCCCC(=O)N[C@H]1CCCNC(=O)C2CCCN2C(=O)C(CCCNC(C)C)NC(=O)C(CCc2ccc(O)cc2)NC(=O)C2CCCN2C(=O)C(CC)NC1=O.NCCN. The van der Waals surface area contributed by atoms with E-state index in [1.165, 1.54) is 37.0 Å². The Kier molecular flexibility index (Phi) is 29.6. The normalized spacial score (nSPS) is 23.5. The second-order valence-electron chi connectivity index (χ2n) is 21.1. The summed E-state index contributed by atoms with van der Waals surface area (Å²) < 4.78 is 0. The van der Waals surface area contributed by atoms with E-state index >= 15 is 0 Å². The highest BCUT2D eigenvalue weighted by atomic mass is 16.3. The molecule has 7 amide bonds. The Morgan fingerprint density at radius 1 is 0.685 bits per heavy atom. The Hall–Kier alpha value is -4.81. The summed E-state index contributed by atoms with van der Waals surface area (Å²) in [6, 6.07) is 1.11. The van der Waals surface area contributed by atoms with E-state index in [2.05, 4.69) is 52.7 Å².